The van der Waals surface area contributed by atoms with Crippen molar-refractivity contribution >= 4 is 11.9 Å². The predicted octanol–water partition coefficient (Wildman–Crippen LogP) is 2.18. The lowest BCUT2D eigenvalue weighted by molar-refractivity contribution is -0.134. The second-order valence-electron chi connectivity index (χ2n) is 3.04. The third-order valence-electron chi connectivity index (χ3n) is 1.89. The van der Waals surface area contributed by atoms with Gasteiger partial charge in [0, 0.05) is 6.42 Å². The maximum Gasteiger partial charge on any atom is 0.341 e. The highest BCUT2D eigenvalue weighted by Gasteiger charge is 2.14. The lowest BCUT2D eigenvalue weighted by Crippen LogP contribution is -2.11. The SMILES string of the molecule is CCOC(=O)c1ccccc1OC(=O)CC. The first-order chi connectivity index (χ1) is 7.69. The molecule has 0 N–H and O–H groups in total. The van der Waals surface area contributed by atoms with Crippen LogP contribution in [0.3, 0.4) is 0 Å². The van der Waals surface area contributed by atoms with Crippen LogP contribution >= 0.6 is 0 Å². The van der Waals surface area contributed by atoms with Crippen LogP contribution in [0.25, 0.3) is 0 Å². The van der Waals surface area contributed by atoms with Crippen molar-refractivity contribution in [2.45, 2.75) is 20.3 Å². The summed E-state index contributed by atoms with van der Waals surface area (Å²) < 4.78 is 9.88. The molecule has 0 amide bonds. The molecule has 0 unspecified atom stereocenters. The summed E-state index contributed by atoms with van der Waals surface area (Å²) in [6.45, 7) is 3.70. The van der Waals surface area contributed by atoms with Crippen LogP contribution in [0.5, 0.6) is 5.75 Å². The summed E-state index contributed by atoms with van der Waals surface area (Å²) >= 11 is 0. The molecule has 0 aliphatic heterocycles. The van der Waals surface area contributed by atoms with Gasteiger partial charge in [-0.15, -0.1) is 0 Å². The monoisotopic (exact) mass is 222 g/mol. The molecule has 1 aromatic carbocycles. The molecule has 1 aromatic rings. The fraction of sp³-hybridized carbons (Fsp3) is 0.333. The van der Waals surface area contributed by atoms with Crippen molar-refractivity contribution in [2.75, 3.05) is 6.61 Å². The van der Waals surface area contributed by atoms with Gasteiger partial charge in [-0.25, -0.2) is 4.79 Å². The Bertz CT molecular complexity index is 384. The molecule has 1 rings (SSSR count). The van der Waals surface area contributed by atoms with Gasteiger partial charge in [0.1, 0.15) is 11.3 Å². The van der Waals surface area contributed by atoms with Crippen molar-refractivity contribution in [2.24, 2.45) is 0 Å². The zero-order chi connectivity index (χ0) is 12.0. The van der Waals surface area contributed by atoms with E-state index in [-0.39, 0.29) is 30.3 Å². The van der Waals surface area contributed by atoms with E-state index < -0.39 is 5.97 Å². The summed E-state index contributed by atoms with van der Waals surface area (Å²) in [5, 5.41) is 0. The molecule has 0 radical (unpaired) electrons. The molecule has 16 heavy (non-hydrogen) atoms. The summed E-state index contributed by atoms with van der Waals surface area (Å²) in [5.41, 5.74) is 0.270. The fourth-order valence-electron chi connectivity index (χ4n) is 1.13. The Kier molecular flexibility index (Phi) is 4.51. The number of carbonyl (C=O) groups excluding carboxylic acids is 2. The summed E-state index contributed by atoms with van der Waals surface area (Å²) in [4.78, 5) is 22.7. The highest BCUT2D eigenvalue weighted by atomic mass is 16.5. The number of hydrogen-bond donors (Lipinski definition) is 0. The quantitative estimate of drug-likeness (QED) is 0.578. The average Bonchev–Trinajstić information content (AvgIpc) is 2.30. The van der Waals surface area contributed by atoms with Gasteiger partial charge in [-0.2, -0.15) is 0 Å². The molecule has 0 atom stereocenters. The second-order valence-corrected chi connectivity index (χ2v) is 3.04. The number of rotatable bonds is 4. The molecule has 4 heteroatoms. The standard InChI is InChI=1S/C12H14O4/c1-3-11(13)16-10-8-6-5-7-9(10)12(14)15-4-2/h5-8H,3-4H2,1-2H3. The Labute approximate surface area is 94.2 Å². The maximum atomic E-state index is 11.5. The van der Waals surface area contributed by atoms with Crippen molar-refractivity contribution in [3.8, 4) is 5.75 Å². The molecule has 0 fully saturated rings. The Morgan fingerprint density at radius 2 is 1.88 bits per heavy atom. The first kappa shape index (κ1) is 12.2. The van der Waals surface area contributed by atoms with Gasteiger partial charge < -0.3 is 9.47 Å². The lowest BCUT2D eigenvalue weighted by atomic mass is 10.2. The third-order valence-corrected chi connectivity index (χ3v) is 1.89. The van der Waals surface area contributed by atoms with E-state index in [1.807, 2.05) is 0 Å². The van der Waals surface area contributed by atoms with Gasteiger partial charge in [0.15, 0.2) is 0 Å². The number of para-hydroxylation sites is 1. The minimum Gasteiger partial charge on any atom is -0.462 e. The van der Waals surface area contributed by atoms with E-state index in [9.17, 15) is 9.59 Å². The van der Waals surface area contributed by atoms with Gasteiger partial charge >= 0.3 is 11.9 Å². The molecule has 0 spiro atoms. The minimum absolute atomic E-state index is 0.243. The molecule has 0 aromatic heterocycles. The molecular weight excluding hydrogens is 208 g/mol. The zero-order valence-electron chi connectivity index (χ0n) is 9.36. The van der Waals surface area contributed by atoms with E-state index in [0.717, 1.165) is 0 Å². The summed E-state index contributed by atoms with van der Waals surface area (Å²) in [7, 11) is 0. The highest BCUT2D eigenvalue weighted by Crippen LogP contribution is 2.19. The number of benzene rings is 1. The van der Waals surface area contributed by atoms with Crippen LogP contribution in [-0.2, 0) is 9.53 Å². The highest BCUT2D eigenvalue weighted by molar-refractivity contribution is 5.93. The number of hydrogen-bond acceptors (Lipinski definition) is 4. The van der Waals surface area contributed by atoms with Gasteiger partial charge in [-0.3, -0.25) is 4.79 Å². The number of ether oxygens (including phenoxy) is 2. The number of esters is 2. The van der Waals surface area contributed by atoms with Crippen LogP contribution in [0.2, 0.25) is 0 Å². The fourth-order valence-corrected chi connectivity index (χ4v) is 1.13. The molecule has 0 aliphatic carbocycles. The molecule has 0 aliphatic rings. The van der Waals surface area contributed by atoms with Crippen molar-refractivity contribution in [3.63, 3.8) is 0 Å². The van der Waals surface area contributed by atoms with Crippen LogP contribution in [0, 0.1) is 0 Å². The van der Waals surface area contributed by atoms with Crippen LogP contribution in [0.15, 0.2) is 24.3 Å². The van der Waals surface area contributed by atoms with Gasteiger partial charge in [0.25, 0.3) is 0 Å². The maximum absolute atomic E-state index is 11.5. The van der Waals surface area contributed by atoms with Gasteiger partial charge in [0.05, 0.1) is 6.61 Å². The van der Waals surface area contributed by atoms with Crippen LogP contribution in [-0.4, -0.2) is 18.5 Å². The lowest BCUT2D eigenvalue weighted by Gasteiger charge is -2.08. The average molecular weight is 222 g/mol. The van der Waals surface area contributed by atoms with Gasteiger partial charge in [-0.05, 0) is 19.1 Å². The van der Waals surface area contributed by atoms with Crippen molar-refractivity contribution < 1.29 is 19.1 Å². The van der Waals surface area contributed by atoms with Crippen LogP contribution < -0.4 is 4.74 Å². The Balaban J connectivity index is 2.91. The van der Waals surface area contributed by atoms with E-state index in [2.05, 4.69) is 0 Å². The van der Waals surface area contributed by atoms with E-state index in [1.54, 1.807) is 38.1 Å². The van der Waals surface area contributed by atoms with E-state index in [4.69, 9.17) is 9.47 Å². The molecular formula is C12H14O4. The van der Waals surface area contributed by atoms with Crippen molar-refractivity contribution in [1.82, 2.24) is 0 Å². The molecule has 0 saturated heterocycles. The Morgan fingerprint density at radius 1 is 1.19 bits per heavy atom. The summed E-state index contributed by atoms with van der Waals surface area (Å²) in [6, 6.07) is 6.52. The van der Waals surface area contributed by atoms with Crippen LogP contribution in [0.1, 0.15) is 30.6 Å². The van der Waals surface area contributed by atoms with Crippen molar-refractivity contribution in [1.29, 1.82) is 0 Å². The summed E-state index contributed by atoms with van der Waals surface area (Å²) in [5.74, 6) is -0.619. The van der Waals surface area contributed by atoms with E-state index >= 15 is 0 Å². The third kappa shape index (κ3) is 3.08. The van der Waals surface area contributed by atoms with E-state index in [0.29, 0.717) is 0 Å². The normalized spacial score (nSPS) is 9.62. The van der Waals surface area contributed by atoms with Crippen molar-refractivity contribution in [3.05, 3.63) is 29.8 Å². The molecule has 4 nitrogen and oxygen atoms in total. The first-order valence-corrected chi connectivity index (χ1v) is 5.15. The second kappa shape index (κ2) is 5.90. The zero-order valence-corrected chi connectivity index (χ0v) is 9.36. The molecule has 0 saturated carbocycles. The molecule has 0 heterocycles. The predicted molar refractivity (Wildman–Crippen MR) is 58.3 cm³/mol. The smallest absolute Gasteiger partial charge is 0.341 e. The number of carbonyl (C=O) groups is 2. The van der Waals surface area contributed by atoms with Crippen LogP contribution in [0.4, 0.5) is 0 Å². The Hall–Kier alpha value is -1.84. The summed E-state index contributed by atoms with van der Waals surface area (Å²) in [6.07, 6.45) is 0.261. The molecule has 0 bridgehead atoms. The minimum atomic E-state index is -0.484. The van der Waals surface area contributed by atoms with E-state index in [1.165, 1.54) is 0 Å². The first-order valence-electron chi connectivity index (χ1n) is 5.15. The topological polar surface area (TPSA) is 52.6 Å². The Morgan fingerprint density at radius 3 is 2.50 bits per heavy atom. The molecule has 86 valence electrons. The largest absolute Gasteiger partial charge is 0.462 e. The van der Waals surface area contributed by atoms with Gasteiger partial charge in [-0.1, -0.05) is 19.1 Å². The van der Waals surface area contributed by atoms with Gasteiger partial charge in [0.2, 0.25) is 0 Å².